The third kappa shape index (κ3) is 4.92. The van der Waals surface area contributed by atoms with E-state index in [1.54, 1.807) is 12.1 Å². The molecule has 0 bridgehead atoms. The fraction of sp³-hybridized carbons (Fsp3) is 0.450. The Morgan fingerprint density at radius 3 is 2.66 bits per heavy atom. The van der Waals surface area contributed by atoms with Gasteiger partial charge in [0, 0.05) is 24.9 Å². The molecule has 2 atom stereocenters. The fourth-order valence-corrected chi connectivity index (χ4v) is 3.60. The molecular formula is C20H24FN3O5. The Morgan fingerprint density at radius 1 is 1.38 bits per heavy atom. The molecule has 8 nitrogen and oxygen atoms in total. The summed E-state index contributed by atoms with van der Waals surface area (Å²) in [5.41, 5.74) is 1.31. The largest absolute Gasteiger partial charge is 0.465 e. The number of aromatic nitrogens is 2. The lowest BCUT2D eigenvalue weighted by Gasteiger charge is -2.26. The number of ether oxygens (including phenoxy) is 1. The summed E-state index contributed by atoms with van der Waals surface area (Å²) in [7, 11) is 0. The maximum Gasteiger partial charge on any atom is 0.410 e. The molecule has 156 valence electrons. The van der Waals surface area contributed by atoms with Crippen molar-refractivity contribution in [1.29, 1.82) is 0 Å². The molecule has 3 N–H and O–H groups in total. The van der Waals surface area contributed by atoms with E-state index in [4.69, 9.17) is 4.74 Å². The Kier molecular flexibility index (Phi) is 6.17. The molecule has 1 amide bonds. The minimum Gasteiger partial charge on any atom is -0.465 e. The van der Waals surface area contributed by atoms with Crippen LogP contribution in [-0.4, -0.2) is 44.0 Å². The molecule has 1 aliphatic heterocycles. The quantitative estimate of drug-likeness (QED) is 0.635. The van der Waals surface area contributed by atoms with Crippen LogP contribution >= 0.6 is 0 Å². The topological polar surface area (TPSA) is 114 Å². The molecule has 3 rings (SSSR count). The van der Waals surface area contributed by atoms with Crippen molar-refractivity contribution < 1.29 is 28.9 Å². The first-order valence-electron chi connectivity index (χ1n) is 9.48. The van der Waals surface area contributed by atoms with E-state index in [2.05, 4.69) is 10.3 Å². The second-order valence-corrected chi connectivity index (χ2v) is 7.41. The summed E-state index contributed by atoms with van der Waals surface area (Å²) in [6.45, 7) is 4.22. The van der Waals surface area contributed by atoms with E-state index in [0.29, 0.717) is 36.5 Å². The summed E-state index contributed by atoms with van der Waals surface area (Å²) in [5.74, 6) is -0.177. The lowest BCUT2D eigenvalue weighted by Crippen LogP contribution is -2.33. The van der Waals surface area contributed by atoms with Crippen molar-refractivity contribution in [2.45, 2.75) is 57.8 Å². The number of carbonyl (C=O) groups is 2. The van der Waals surface area contributed by atoms with Gasteiger partial charge in [-0.2, -0.15) is 0 Å². The zero-order valence-electron chi connectivity index (χ0n) is 16.3. The van der Waals surface area contributed by atoms with Crippen LogP contribution in [0.5, 0.6) is 0 Å². The van der Waals surface area contributed by atoms with Crippen LogP contribution in [0.4, 0.5) is 15.0 Å². The van der Waals surface area contributed by atoms with Gasteiger partial charge < -0.3 is 19.5 Å². The predicted molar refractivity (Wildman–Crippen MR) is 103 cm³/mol. The molecular weight excluding hydrogens is 381 g/mol. The highest BCUT2D eigenvalue weighted by atomic mass is 19.1. The molecule has 1 aliphatic rings. The number of nitrogens with zero attached hydrogens (tertiary/aromatic N) is 2. The number of imidazole rings is 1. The molecule has 2 heterocycles. The first kappa shape index (κ1) is 20.8. The number of aliphatic hydroxyl groups is 1. The standard InChI is InChI=1S/C20H24FN3O5/c1-11(2)17-18(23-20(27)28)22-19(12-3-5-13(21)6-4-12)24(17)8-7-15-9-14(25)10-16(26)29-15/h3-6,11,14-15,23,25H,7-10H2,1-2H3,(H,27,28)/t14-,15?/m1/s1. The summed E-state index contributed by atoms with van der Waals surface area (Å²) in [6.07, 6.45) is -1.62. The van der Waals surface area contributed by atoms with E-state index in [1.807, 2.05) is 18.4 Å². The normalized spacial score (nSPS) is 19.3. The van der Waals surface area contributed by atoms with Crippen LogP contribution in [0.15, 0.2) is 24.3 Å². The molecule has 1 fully saturated rings. The van der Waals surface area contributed by atoms with E-state index in [9.17, 15) is 24.2 Å². The minimum absolute atomic E-state index is 0.00761. The summed E-state index contributed by atoms with van der Waals surface area (Å²) in [5, 5.41) is 21.3. The Balaban J connectivity index is 1.97. The third-order valence-corrected chi connectivity index (χ3v) is 4.79. The zero-order valence-corrected chi connectivity index (χ0v) is 16.3. The highest BCUT2D eigenvalue weighted by molar-refractivity contribution is 5.83. The first-order chi connectivity index (χ1) is 13.7. The maximum absolute atomic E-state index is 13.4. The average Bonchev–Trinajstić information content (AvgIpc) is 2.97. The van der Waals surface area contributed by atoms with Crippen LogP contribution in [0.1, 0.15) is 44.7 Å². The van der Waals surface area contributed by atoms with Gasteiger partial charge in [-0.3, -0.25) is 10.1 Å². The summed E-state index contributed by atoms with van der Waals surface area (Å²) < 4.78 is 20.5. The molecule has 0 spiro atoms. The van der Waals surface area contributed by atoms with Gasteiger partial charge in [0.1, 0.15) is 17.7 Å². The van der Waals surface area contributed by atoms with Crippen molar-refractivity contribution in [3.05, 3.63) is 35.8 Å². The second kappa shape index (κ2) is 8.60. The smallest absolute Gasteiger partial charge is 0.410 e. The Bertz CT molecular complexity index is 894. The first-order valence-corrected chi connectivity index (χ1v) is 9.48. The lowest BCUT2D eigenvalue weighted by atomic mass is 10.0. The van der Waals surface area contributed by atoms with Crippen LogP contribution in [0, 0.1) is 5.82 Å². The SMILES string of the molecule is CC(C)c1c(NC(=O)O)nc(-c2ccc(F)cc2)n1CCC1C[C@@H](O)CC(=O)O1. The second-order valence-electron chi connectivity index (χ2n) is 7.41. The van der Waals surface area contributed by atoms with Gasteiger partial charge in [-0.1, -0.05) is 13.8 Å². The van der Waals surface area contributed by atoms with E-state index >= 15 is 0 Å². The van der Waals surface area contributed by atoms with E-state index in [-0.39, 0.29) is 24.0 Å². The molecule has 1 aromatic carbocycles. The molecule has 1 unspecified atom stereocenters. The summed E-state index contributed by atoms with van der Waals surface area (Å²) in [6, 6.07) is 5.78. The van der Waals surface area contributed by atoms with Crippen LogP contribution in [0.3, 0.4) is 0 Å². The van der Waals surface area contributed by atoms with Gasteiger partial charge in [-0.05, 0) is 30.2 Å². The summed E-state index contributed by atoms with van der Waals surface area (Å²) in [4.78, 5) is 27.3. The van der Waals surface area contributed by atoms with E-state index in [1.165, 1.54) is 12.1 Å². The number of hydrogen-bond donors (Lipinski definition) is 3. The molecule has 0 radical (unpaired) electrons. The number of esters is 1. The van der Waals surface area contributed by atoms with Gasteiger partial charge >= 0.3 is 12.1 Å². The van der Waals surface area contributed by atoms with Crippen molar-refractivity contribution in [2.75, 3.05) is 5.32 Å². The number of nitrogens with one attached hydrogen (secondary N) is 1. The van der Waals surface area contributed by atoms with Crippen LogP contribution in [0.2, 0.25) is 0 Å². The van der Waals surface area contributed by atoms with Crippen molar-refractivity contribution in [3.8, 4) is 11.4 Å². The predicted octanol–water partition coefficient (Wildman–Crippen LogP) is 3.36. The van der Waals surface area contributed by atoms with Gasteiger partial charge in [0.05, 0.1) is 18.2 Å². The number of amides is 1. The van der Waals surface area contributed by atoms with Gasteiger partial charge in [-0.15, -0.1) is 0 Å². The molecule has 0 aliphatic carbocycles. The number of benzene rings is 1. The molecule has 29 heavy (non-hydrogen) atoms. The van der Waals surface area contributed by atoms with E-state index < -0.39 is 24.3 Å². The van der Waals surface area contributed by atoms with Gasteiger partial charge in [-0.25, -0.2) is 14.2 Å². The molecule has 2 aromatic rings. The van der Waals surface area contributed by atoms with Gasteiger partial charge in [0.25, 0.3) is 0 Å². The van der Waals surface area contributed by atoms with Crippen molar-refractivity contribution in [3.63, 3.8) is 0 Å². The van der Waals surface area contributed by atoms with Crippen LogP contribution in [-0.2, 0) is 16.1 Å². The Labute approximate surface area is 167 Å². The number of carboxylic acid groups (broad SMARTS) is 1. The number of hydrogen-bond acceptors (Lipinski definition) is 5. The lowest BCUT2D eigenvalue weighted by molar-refractivity contribution is -0.160. The fourth-order valence-electron chi connectivity index (χ4n) is 3.60. The molecule has 1 aromatic heterocycles. The monoisotopic (exact) mass is 405 g/mol. The number of carbonyl (C=O) groups excluding carboxylic acids is 1. The Morgan fingerprint density at radius 2 is 2.07 bits per heavy atom. The van der Waals surface area contributed by atoms with E-state index in [0.717, 1.165) is 0 Å². The number of halogens is 1. The van der Waals surface area contributed by atoms with Crippen molar-refractivity contribution in [2.24, 2.45) is 0 Å². The Hall–Kier alpha value is -2.94. The number of rotatable bonds is 6. The highest BCUT2D eigenvalue weighted by Crippen LogP contribution is 2.32. The number of aliphatic hydroxyl groups excluding tert-OH is 1. The van der Waals surface area contributed by atoms with Crippen LogP contribution in [0.25, 0.3) is 11.4 Å². The van der Waals surface area contributed by atoms with Crippen molar-refractivity contribution >= 4 is 17.9 Å². The molecule has 0 saturated carbocycles. The minimum atomic E-state index is -1.23. The molecule has 9 heteroatoms. The van der Waals surface area contributed by atoms with Gasteiger partial charge in [0.15, 0.2) is 5.82 Å². The maximum atomic E-state index is 13.4. The van der Waals surface area contributed by atoms with Crippen LogP contribution < -0.4 is 5.32 Å². The third-order valence-electron chi connectivity index (χ3n) is 4.79. The number of cyclic esters (lactones) is 1. The zero-order chi connectivity index (χ0) is 21.1. The van der Waals surface area contributed by atoms with Crippen molar-refractivity contribution in [1.82, 2.24) is 9.55 Å². The average molecular weight is 405 g/mol. The molecule has 1 saturated heterocycles. The van der Waals surface area contributed by atoms with Gasteiger partial charge in [0.2, 0.25) is 0 Å². The highest BCUT2D eigenvalue weighted by Gasteiger charge is 2.28. The number of anilines is 1. The summed E-state index contributed by atoms with van der Waals surface area (Å²) >= 11 is 0.